The molecule has 1 fully saturated rings. The Morgan fingerprint density at radius 2 is 1.89 bits per heavy atom. The first-order valence-corrected chi connectivity index (χ1v) is 11.9. The number of ether oxygens (including phenoxy) is 4. The van der Waals surface area contributed by atoms with Crippen LogP contribution in [0.3, 0.4) is 0 Å². The first-order chi connectivity index (χ1) is 17.2. The minimum atomic E-state index is -1.31. The zero-order valence-electron chi connectivity index (χ0n) is 21.0. The van der Waals surface area contributed by atoms with Gasteiger partial charge < -0.3 is 29.6 Å². The second-order valence-corrected chi connectivity index (χ2v) is 8.81. The highest BCUT2D eigenvalue weighted by atomic mass is 16.6. The van der Waals surface area contributed by atoms with Gasteiger partial charge in [-0.15, -0.1) is 0 Å². The molecule has 1 aromatic carbocycles. The van der Waals surface area contributed by atoms with E-state index in [0.29, 0.717) is 19.3 Å². The molecule has 11 heteroatoms. The monoisotopic (exact) mass is 506 g/mol. The third kappa shape index (κ3) is 7.96. The molecule has 0 spiro atoms. The molecule has 1 aromatic rings. The van der Waals surface area contributed by atoms with Gasteiger partial charge in [0.05, 0.1) is 24.3 Å². The number of cyclic esters (lactones) is 2. The van der Waals surface area contributed by atoms with Gasteiger partial charge in [0.1, 0.15) is 19.3 Å². The van der Waals surface area contributed by atoms with Crippen LogP contribution >= 0.6 is 0 Å². The topological polar surface area (TPSA) is 146 Å². The molecule has 0 saturated carbocycles. The second-order valence-electron chi connectivity index (χ2n) is 8.81. The molecule has 2 rings (SSSR count). The van der Waals surface area contributed by atoms with E-state index < -0.39 is 48.5 Å². The number of amides is 2. The van der Waals surface area contributed by atoms with Crippen molar-refractivity contribution in [3.63, 3.8) is 0 Å². The number of nitrogens with one attached hydrogen (secondary N) is 2. The lowest BCUT2D eigenvalue weighted by Crippen LogP contribution is -2.45. The van der Waals surface area contributed by atoms with Gasteiger partial charge in [-0.3, -0.25) is 19.2 Å². The van der Waals surface area contributed by atoms with Crippen molar-refractivity contribution >= 4 is 35.9 Å². The molecular formula is C25H34N2O9. The summed E-state index contributed by atoms with van der Waals surface area (Å²) >= 11 is 0. The average Bonchev–Trinajstić information content (AvgIpc) is 2.88. The van der Waals surface area contributed by atoms with Crippen LogP contribution in [0.4, 0.5) is 5.69 Å². The highest BCUT2D eigenvalue weighted by Gasteiger charge is 2.37. The third-order valence-electron chi connectivity index (χ3n) is 5.53. The van der Waals surface area contributed by atoms with Crippen LogP contribution in [0.1, 0.15) is 56.8 Å². The summed E-state index contributed by atoms with van der Waals surface area (Å²) in [6.45, 7) is 4.87. The van der Waals surface area contributed by atoms with Gasteiger partial charge in [-0.05, 0) is 24.5 Å². The van der Waals surface area contributed by atoms with Crippen LogP contribution in [-0.4, -0.2) is 62.7 Å². The molecule has 2 amide bonds. The summed E-state index contributed by atoms with van der Waals surface area (Å²) in [6.07, 6.45) is 1.45. The fraction of sp³-hybridized carbons (Fsp3) is 0.560. The first-order valence-electron chi connectivity index (χ1n) is 11.9. The van der Waals surface area contributed by atoms with Crippen molar-refractivity contribution in [3.05, 3.63) is 23.8 Å². The molecule has 1 heterocycles. The van der Waals surface area contributed by atoms with Crippen molar-refractivity contribution in [2.45, 2.75) is 58.6 Å². The number of rotatable bonds is 11. The fourth-order valence-corrected chi connectivity index (χ4v) is 3.72. The fourth-order valence-electron chi connectivity index (χ4n) is 3.72. The largest absolute Gasteiger partial charge is 0.494 e. The maximum atomic E-state index is 13.0. The maximum Gasteiger partial charge on any atom is 0.332 e. The van der Waals surface area contributed by atoms with Crippen molar-refractivity contribution in [2.24, 2.45) is 11.8 Å². The molecule has 3 atom stereocenters. The summed E-state index contributed by atoms with van der Waals surface area (Å²) in [6, 6.07) is 3.20. The van der Waals surface area contributed by atoms with E-state index in [2.05, 4.69) is 10.6 Å². The number of hydrogen-bond acceptors (Lipinski definition) is 9. The van der Waals surface area contributed by atoms with Crippen LogP contribution in [-0.2, 0) is 33.4 Å². The van der Waals surface area contributed by atoms with E-state index in [1.54, 1.807) is 0 Å². The summed E-state index contributed by atoms with van der Waals surface area (Å²) in [7, 11) is 1.33. The van der Waals surface area contributed by atoms with Crippen LogP contribution in [0, 0.1) is 11.8 Å². The summed E-state index contributed by atoms with van der Waals surface area (Å²) in [5.74, 6) is -3.37. The van der Waals surface area contributed by atoms with Gasteiger partial charge in [0.15, 0.2) is 11.8 Å². The maximum absolute atomic E-state index is 13.0. The van der Waals surface area contributed by atoms with Gasteiger partial charge in [0.25, 0.3) is 5.91 Å². The zero-order chi connectivity index (χ0) is 26.7. The molecule has 0 unspecified atom stereocenters. The van der Waals surface area contributed by atoms with Crippen molar-refractivity contribution < 1.29 is 42.9 Å². The predicted octanol–water partition coefficient (Wildman–Crippen LogP) is 2.23. The predicted molar refractivity (Wildman–Crippen MR) is 128 cm³/mol. The molecular weight excluding hydrogens is 472 g/mol. The number of esters is 3. The number of para-hydroxylation sites is 1. The number of carbonyl (C=O) groups is 5. The number of benzene rings is 1. The Labute approximate surface area is 210 Å². The summed E-state index contributed by atoms with van der Waals surface area (Å²) in [5, 5.41) is 4.92. The average molecular weight is 507 g/mol. The highest BCUT2D eigenvalue weighted by molar-refractivity contribution is 6.01. The van der Waals surface area contributed by atoms with Crippen LogP contribution < -0.4 is 15.4 Å². The Balaban J connectivity index is 2.22. The van der Waals surface area contributed by atoms with Gasteiger partial charge in [-0.2, -0.15) is 0 Å². The standard InChI is InChI=1S/C25H34N2O9/c1-5-6-8-16-20(36-21(29)11-15(2)3)13-35-25(32)19(12-34-24(16)31)27-23(30)17-9-7-10-18(26-14-28)22(17)33-4/h7,9-10,14-16,19-20H,5-6,8,11-13H2,1-4H3,(H,26,28)(H,27,30)/t16-,19+,20+/m1/s1. The molecule has 36 heavy (non-hydrogen) atoms. The van der Waals surface area contributed by atoms with Gasteiger partial charge in [0, 0.05) is 6.42 Å². The molecule has 0 aromatic heterocycles. The van der Waals surface area contributed by atoms with Crippen molar-refractivity contribution in [1.82, 2.24) is 5.32 Å². The Bertz CT molecular complexity index is 947. The molecule has 1 aliphatic heterocycles. The number of hydrogen-bond donors (Lipinski definition) is 2. The van der Waals surface area contributed by atoms with Crippen LogP contribution in [0.25, 0.3) is 0 Å². The van der Waals surface area contributed by atoms with E-state index in [1.807, 2.05) is 20.8 Å². The van der Waals surface area contributed by atoms with Gasteiger partial charge in [-0.1, -0.05) is 39.7 Å². The zero-order valence-corrected chi connectivity index (χ0v) is 21.0. The molecule has 1 aliphatic rings. The van der Waals surface area contributed by atoms with Gasteiger partial charge in [-0.25, -0.2) is 4.79 Å². The minimum absolute atomic E-state index is 0.0460. The SMILES string of the molecule is CCCC[C@H]1C(=O)OC[C@H](NC(=O)c2cccc(NC=O)c2OC)C(=O)OC[C@@H]1OC(=O)CC(C)C. The Kier molecular flexibility index (Phi) is 11.2. The molecule has 0 radical (unpaired) electrons. The summed E-state index contributed by atoms with van der Waals surface area (Å²) in [4.78, 5) is 61.8. The second kappa shape index (κ2) is 14.1. The third-order valence-corrected chi connectivity index (χ3v) is 5.53. The lowest BCUT2D eigenvalue weighted by atomic mass is 9.96. The number of carbonyl (C=O) groups excluding carboxylic acids is 5. The smallest absolute Gasteiger partial charge is 0.332 e. The van der Waals surface area contributed by atoms with E-state index in [1.165, 1.54) is 25.3 Å². The molecule has 1 saturated heterocycles. The van der Waals surface area contributed by atoms with Crippen molar-refractivity contribution in [1.29, 1.82) is 0 Å². The molecule has 2 N–H and O–H groups in total. The van der Waals surface area contributed by atoms with Crippen molar-refractivity contribution in [2.75, 3.05) is 25.6 Å². The summed E-state index contributed by atoms with van der Waals surface area (Å²) in [5.41, 5.74) is 0.304. The number of anilines is 1. The van der Waals surface area contributed by atoms with E-state index in [-0.39, 0.29) is 35.9 Å². The number of methoxy groups -OCH3 is 1. The van der Waals surface area contributed by atoms with Crippen LogP contribution in [0.2, 0.25) is 0 Å². The molecule has 198 valence electrons. The number of unbranched alkanes of at least 4 members (excludes halogenated alkanes) is 1. The van der Waals surface area contributed by atoms with Gasteiger partial charge >= 0.3 is 17.9 Å². The molecule has 0 aliphatic carbocycles. The molecule has 11 nitrogen and oxygen atoms in total. The Hall–Kier alpha value is -3.63. The normalized spacial score (nSPS) is 20.2. The molecule has 0 bridgehead atoms. The minimum Gasteiger partial charge on any atom is -0.494 e. The van der Waals surface area contributed by atoms with Crippen LogP contribution in [0.15, 0.2) is 18.2 Å². The summed E-state index contributed by atoms with van der Waals surface area (Å²) < 4.78 is 21.5. The first kappa shape index (κ1) is 28.6. The highest BCUT2D eigenvalue weighted by Crippen LogP contribution is 2.28. The van der Waals surface area contributed by atoms with E-state index in [0.717, 1.165) is 6.42 Å². The lowest BCUT2D eigenvalue weighted by molar-refractivity contribution is -0.167. The van der Waals surface area contributed by atoms with E-state index in [4.69, 9.17) is 18.9 Å². The quantitative estimate of drug-likeness (QED) is 0.262. The Morgan fingerprint density at radius 3 is 2.53 bits per heavy atom. The Morgan fingerprint density at radius 1 is 1.17 bits per heavy atom. The lowest BCUT2D eigenvalue weighted by Gasteiger charge is -2.24. The van der Waals surface area contributed by atoms with E-state index in [9.17, 15) is 24.0 Å². The van der Waals surface area contributed by atoms with Crippen molar-refractivity contribution in [3.8, 4) is 5.75 Å². The van der Waals surface area contributed by atoms with Crippen LogP contribution in [0.5, 0.6) is 5.75 Å². The van der Waals surface area contributed by atoms with Gasteiger partial charge in [0.2, 0.25) is 6.41 Å². The van der Waals surface area contributed by atoms with E-state index >= 15 is 0 Å².